The van der Waals surface area contributed by atoms with Crippen LogP contribution in [0.25, 0.3) is 11.1 Å². The van der Waals surface area contributed by atoms with Gasteiger partial charge in [0, 0.05) is 14.2 Å². The molecule has 0 aliphatic carbocycles. The van der Waals surface area contributed by atoms with Crippen molar-refractivity contribution in [1.29, 1.82) is 0 Å². The van der Waals surface area contributed by atoms with Gasteiger partial charge in [-0.3, -0.25) is 0 Å². The Labute approximate surface area is 202 Å². The highest BCUT2D eigenvalue weighted by atomic mass is 19.4. The Morgan fingerprint density at radius 2 is 1.20 bits per heavy atom. The van der Waals surface area contributed by atoms with Crippen LogP contribution in [0.2, 0.25) is 0 Å². The van der Waals surface area contributed by atoms with Gasteiger partial charge in [-0.1, -0.05) is 69.7 Å². The molecule has 2 aromatic carbocycles. The lowest BCUT2D eigenvalue weighted by Crippen LogP contribution is -2.21. The van der Waals surface area contributed by atoms with Crippen LogP contribution in [0.15, 0.2) is 42.5 Å². The second-order valence-electron chi connectivity index (χ2n) is 8.36. The Morgan fingerprint density at radius 1 is 0.686 bits per heavy atom. The Morgan fingerprint density at radius 3 is 1.69 bits per heavy atom. The number of alkyl halides is 6. The molecule has 9 heteroatoms. The Balaban J connectivity index is 2.28. The number of hydrogen-bond acceptors (Lipinski definition) is 3. The quantitative estimate of drug-likeness (QED) is 0.154. The van der Waals surface area contributed by atoms with Gasteiger partial charge in [-0.15, -0.1) is 0 Å². The topological polar surface area (TPSA) is 27.7 Å². The van der Waals surface area contributed by atoms with E-state index in [1.807, 2.05) is 0 Å². The number of rotatable bonds is 13. The molecule has 0 N–H and O–H groups in total. The lowest BCUT2D eigenvalue weighted by Gasteiger charge is -2.23. The molecule has 0 bridgehead atoms. The summed E-state index contributed by atoms with van der Waals surface area (Å²) in [5, 5.41) is 0. The van der Waals surface area contributed by atoms with Crippen molar-refractivity contribution in [2.24, 2.45) is 0 Å². The van der Waals surface area contributed by atoms with E-state index in [1.54, 1.807) is 12.1 Å². The van der Waals surface area contributed by atoms with Crippen molar-refractivity contribution in [2.45, 2.75) is 76.8 Å². The van der Waals surface area contributed by atoms with E-state index in [0.717, 1.165) is 49.8 Å². The van der Waals surface area contributed by atoms with Crippen LogP contribution >= 0.6 is 0 Å². The van der Waals surface area contributed by atoms with E-state index in [-0.39, 0.29) is 17.2 Å². The molecule has 3 nitrogen and oxygen atoms in total. The second-order valence-corrected chi connectivity index (χ2v) is 8.36. The molecule has 0 aromatic heterocycles. The normalized spacial score (nSPS) is 13.4. The number of benzene rings is 2. The predicted molar refractivity (Wildman–Crippen MR) is 122 cm³/mol. The molecule has 0 amide bonds. The third-order valence-corrected chi connectivity index (χ3v) is 5.68. The molecular formula is C26H32F6O3. The van der Waals surface area contributed by atoms with Gasteiger partial charge in [-0.2, -0.15) is 26.3 Å². The first-order valence-electron chi connectivity index (χ1n) is 11.6. The predicted octanol–water partition coefficient (Wildman–Crippen LogP) is 8.78. The van der Waals surface area contributed by atoms with Gasteiger partial charge >= 0.3 is 12.4 Å². The average Bonchev–Trinajstić information content (AvgIpc) is 2.82. The van der Waals surface area contributed by atoms with E-state index in [2.05, 4.69) is 6.92 Å². The molecule has 1 atom stereocenters. The van der Waals surface area contributed by atoms with Crippen molar-refractivity contribution < 1.29 is 40.6 Å². The highest BCUT2D eigenvalue weighted by Crippen LogP contribution is 2.39. The summed E-state index contributed by atoms with van der Waals surface area (Å²) in [5.74, 6) is 0. The largest absolute Gasteiger partial charge is 0.416 e. The molecule has 0 radical (unpaired) electrons. The van der Waals surface area contributed by atoms with Crippen LogP contribution in [0, 0.1) is 0 Å². The van der Waals surface area contributed by atoms with Crippen LogP contribution in [-0.4, -0.2) is 20.7 Å². The summed E-state index contributed by atoms with van der Waals surface area (Å²) in [7, 11) is 2.87. The van der Waals surface area contributed by atoms with E-state index in [9.17, 15) is 26.3 Å². The second kappa shape index (κ2) is 13.3. The molecule has 0 saturated heterocycles. The summed E-state index contributed by atoms with van der Waals surface area (Å²) in [6.45, 7) is 1.24. The van der Waals surface area contributed by atoms with Gasteiger partial charge < -0.3 is 14.2 Å². The van der Waals surface area contributed by atoms with Crippen molar-refractivity contribution in [3.63, 3.8) is 0 Å². The minimum absolute atomic E-state index is 0.123. The molecule has 0 aliphatic rings. The van der Waals surface area contributed by atoms with Gasteiger partial charge in [0.1, 0.15) is 0 Å². The molecule has 0 aliphatic heterocycles. The first-order chi connectivity index (χ1) is 16.5. The first-order valence-corrected chi connectivity index (χ1v) is 11.6. The molecule has 0 fully saturated rings. The zero-order chi connectivity index (χ0) is 26.1. The number of halogens is 6. The monoisotopic (exact) mass is 506 g/mol. The molecule has 0 spiro atoms. The zero-order valence-corrected chi connectivity index (χ0v) is 20.1. The van der Waals surface area contributed by atoms with Gasteiger partial charge in [0.25, 0.3) is 6.48 Å². The fourth-order valence-corrected chi connectivity index (χ4v) is 3.78. The lowest BCUT2D eigenvalue weighted by atomic mass is 9.96. The number of methoxy groups -OCH3 is 2. The van der Waals surface area contributed by atoms with Crippen molar-refractivity contribution >= 4 is 0 Å². The standard InChI is InChI=1S/C26H32F6O3/c1-4-5-6-7-8-9-10-23(35-24(33-2)34-3)19-13-11-18(12-14-19)20-15-21(25(27,28)29)17-22(16-20)26(30,31)32/h11-17,23-24H,4-10H2,1-3H3. The van der Waals surface area contributed by atoms with Crippen LogP contribution in [-0.2, 0) is 26.6 Å². The third kappa shape index (κ3) is 9.13. The van der Waals surface area contributed by atoms with Crippen LogP contribution in [0.4, 0.5) is 26.3 Å². The number of unbranched alkanes of at least 4 members (excludes halogenated alkanes) is 5. The van der Waals surface area contributed by atoms with E-state index >= 15 is 0 Å². The summed E-state index contributed by atoms with van der Waals surface area (Å²) in [6.07, 6.45) is -3.04. The minimum Gasteiger partial charge on any atom is -0.333 e. The van der Waals surface area contributed by atoms with Gasteiger partial charge in [-0.25, -0.2) is 0 Å². The highest BCUT2D eigenvalue weighted by molar-refractivity contribution is 5.66. The maximum atomic E-state index is 13.2. The molecule has 196 valence electrons. The summed E-state index contributed by atoms with van der Waals surface area (Å²) in [5.41, 5.74) is -1.90. The summed E-state index contributed by atoms with van der Waals surface area (Å²) in [4.78, 5) is 0. The Kier molecular flexibility index (Phi) is 11.0. The molecule has 2 aromatic rings. The molecule has 0 saturated carbocycles. The SMILES string of the molecule is CCCCCCCCC(OC(OC)OC)c1ccc(-c2cc(C(F)(F)F)cc(C(F)(F)F)c2)cc1. The number of hydrogen-bond donors (Lipinski definition) is 0. The zero-order valence-electron chi connectivity index (χ0n) is 20.1. The summed E-state index contributed by atoms with van der Waals surface area (Å²) >= 11 is 0. The minimum atomic E-state index is -4.90. The van der Waals surface area contributed by atoms with Crippen LogP contribution in [0.5, 0.6) is 0 Å². The molecule has 35 heavy (non-hydrogen) atoms. The molecular weight excluding hydrogens is 474 g/mol. The van der Waals surface area contributed by atoms with Gasteiger partial charge in [0.15, 0.2) is 0 Å². The third-order valence-electron chi connectivity index (χ3n) is 5.68. The molecule has 1 unspecified atom stereocenters. The fraction of sp³-hybridized carbons (Fsp3) is 0.538. The van der Waals surface area contributed by atoms with Gasteiger partial charge in [-0.05, 0) is 41.3 Å². The van der Waals surface area contributed by atoms with Gasteiger partial charge in [0.2, 0.25) is 0 Å². The van der Waals surface area contributed by atoms with Gasteiger partial charge in [0.05, 0.1) is 17.2 Å². The smallest absolute Gasteiger partial charge is 0.333 e. The van der Waals surface area contributed by atoms with E-state index < -0.39 is 36.1 Å². The molecule has 2 rings (SSSR count). The first kappa shape index (κ1) is 29.1. The maximum Gasteiger partial charge on any atom is 0.416 e. The fourth-order valence-electron chi connectivity index (χ4n) is 3.78. The Hall–Kier alpha value is -2.10. The van der Waals surface area contributed by atoms with Crippen molar-refractivity contribution in [3.8, 4) is 11.1 Å². The van der Waals surface area contributed by atoms with Crippen molar-refractivity contribution in [2.75, 3.05) is 14.2 Å². The molecule has 0 heterocycles. The summed E-state index contributed by atoms with van der Waals surface area (Å²) in [6, 6.07) is 7.85. The van der Waals surface area contributed by atoms with Crippen molar-refractivity contribution in [3.05, 3.63) is 59.2 Å². The Bertz CT molecular complexity index is 857. The van der Waals surface area contributed by atoms with E-state index in [0.29, 0.717) is 6.42 Å². The number of ether oxygens (including phenoxy) is 3. The van der Waals surface area contributed by atoms with E-state index in [1.165, 1.54) is 32.8 Å². The lowest BCUT2D eigenvalue weighted by molar-refractivity contribution is -0.286. The van der Waals surface area contributed by atoms with Crippen LogP contribution < -0.4 is 0 Å². The van der Waals surface area contributed by atoms with Crippen molar-refractivity contribution in [1.82, 2.24) is 0 Å². The maximum absolute atomic E-state index is 13.2. The van der Waals surface area contributed by atoms with Crippen LogP contribution in [0.1, 0.15) is 74.7 Å². The van der Waals surface area contributed by atoms with Crippen LogP contribution in [0.3, 0.4) is 0 Å². The summed E-state index contributed by atoms with van der Waals surface area (Å²) < 4.78 is 95.5. The van der Waals surface area contributed by atoms with E-state index in [4.69, 9.17) is 14.2 Å². The average molecular weight is 507 g/mol. The highest BCUT2D eigenvalue weighted by Gasteiger charge is 2.37.